The van der Waals surface area contributed by atoms with Gasteiger partial charge in [0.2, 0.25) is 0 Å². The van der Waals surface area contributed by atoms with Crippen LogP contribution < -0.4 is 0 Å². The standard InChI is InChI=1S/C16H26N4O/c1-15(2,3)12-11-14(20(6)19-12)18-13(17-11)10-7-8-21-16(4,5)9-10/h10H,7-9H2,1-6H3,(H,17,18)/t10-/m1/s1. The van der Waals surface area contributed by atoms with Crippen molar-refractivity contribution in [2.75, 3.05) is 6.61 Å². The third-order valence-corrected chi connectivity index (χ3v) is 4.29. The molecule has 0 bridgehead atoms. The Kier molecular flexibility index (Phi) is 3.17. The highest BCUT2D eigenvalue weighted by Crippen LogP contribution is 2.36. The normalized spacial score (nSPS) is 22.9. The molecule has 1 aliphatic heterocycles. The second-order valence-corrected chi connectivity index (χ2v) is 7.84. The lowest BCUT2D eigenvalue weighted by atomic mass is 9.88. The Labute approximate surface area is 126 Å². The summed E-state index contributed by atoms with van der Waals surface area (Å²) in [6.07, 6.45) is 2.03. The summed E-state index contributed by atoms with van der Waals surface area (Å²) in [5.74, 6) is 1.52. The smallest absolute Gasteiger partial charge is 0.176 e. The molecule has 21 heavy (non-hydrogen) atoms. The van der Waals surface area contributed by atoms with Crippen molar-refractivity contribution >= 4 is 11.2 Å². The van der Waals surface area contributed by atoms with E-state index in [0.717, 1.165) is 42.1 Å². The zero-order valence-electron chi connectivity index (χ0n) is 13.9. The number of fused-ring (bicyclic) bond motifs is 1. The van der Waals surface area contributed by atoms with Crippen LogP contribution in [-0.2, 0) is 17.2 Å². The molecule has 5 nitrogen and oxygen atoms in total. The van der Waals surface area contributed by atoms with Crippen molar-refractivity contribution in [3.8, 4) is 0 Å². The van der Waals surface area contributed by atoms with Crippen LogP contribution in [-0.4, -0.2) is 32.0 Å². The average Bonchev–Trinajstić information content (AvgIpc) is 2.88. The summed E-state index contributed by atoms with van der Waals surface area (Å²) in [4.78, 5) is 8.37. The first-order valence-electron chi connectivity index (χ1n) is 7.74. The predicted octanol–water partition coefficient (Wildman–Crippen LogP) is 3.27. The van der Waals surface area contributed by atoms with Gasteiger partial charge < -0.3 is 9.72 Å². The number of nitrogens with zero attached hydrogens (tertiary/aromatic N) is 3. The molecule has 1 fully saturated rings. The van der Waals surface area contributed by atoms with Crippen molar-refractivity contribution in [1.82, 2.24) is 19.7 Å². The van der Waals surface area contributed by atoms with E-state index in [4.69, 9.17) is 9.72 Å². The van der Waals surface area contributed by atoms with Gasteiger partial charge in [0.05, 0.1) is 11.3 Å². The summed E-state index contributed by atoms with van der Waals surface area (Å²) >= 11 is 0. The maximum atomic E-state index is 5.82. The van der Waals surface area contributed by atoms with E-state index in [1.165, 1.54) is 0 Å². The Bertz CT molecular complexity index is 660. The van der Waals surface area contributed by atoms with E-state index in [2.05, 4.69) is 44.7 Å². The number of rotatable bonds is 1. The summed E-state index contributed by atoms with van der Waals surface area (Å²) in [5, 5.41) is 4.63. The topological polar surface area (TPSA) is 55.7 Å². The minimum Gasteiger partial charge on any atom is -0.376 e. The summed E-state index contributed by atoms with van der Waals surface area (Å²) in [6.45, 7) is 11.7. The number of nitrogens with one attached hydrogen (secondary N) is 1. The van der Waals surface area contributed by atoms with Crippen LogP contribution in [0.15, 0.2) is 0 Å². The van der Waals surface area contributed by atoms with Gasteiger partial charge in [-0.25, -0.2) is 9.67 Å². The molecule has 0 radical (unpaired) electrons. The molecule has 1 N–H and O–H groups in total. The number of aromatic amines is 1. The van der Waals surface area contributed by atoms with Gasteiger partial charge in [-0.3, -0.25) is 0 Å². The lowest BCUT2D eigenvalue weighted by molar-refractivity contribution is -0.0602. The molecule has 0 aromatic carbocycles. The van der Waals surface area contributed by atoms with E-state index < -0.39 is 0 Å². The quantitative estimate of drug-likeness (QED) is 0.877. The van der Waals surface area contributed by atoms with Crippen LogP contribution in [0.2, 0.25) is 0 Å². The monoisotopic (exact) mass is 290 g/mol. The van der Waals surface area contributed by atoms with Gasteiger partial charge >= 0.3 is 0 Å². The van der Waals surface area contributed by atoms with Crippen LogP contribution in [0.3, 0.4) is 0 Å². The number of ether oxygens (including phenoxy) is 1. The molecule has 0 saturated carbocycles. The number of H-pyrrole nitrogens is 1. The van der Waals surface area contributed by atoms with E-state index in [1.807, 2.05) is 11.7 Å². The molecule has 0 amide bonds. The fourth-order valence-corrected chi connectivity index (χ4v) is 3.21. The maximum Gasteiger partial charge on any atom is 0.176 e. The van der Waals surface area contributed by atoms with E-state index in [-0.39, 0.29) is 11.0 Å². The summed E-state index contributed by atoms with van der Waals surface area (Å²) in [5.41, 5.74) is 3.08. The molecule has 1 aliphatic rings. The summed E-state index contributed by atoms with van der Waals surface area (Å²) in [6, 6.07) is 0. The second-order valence-electron chi connectivity index (χ2n) is 7.84. The SMILES string of the molecule is Cn1nc(C(C)(C)C)c2[nH]c([C@@H]3CCOC(C)(C)C3)nc21. The molecule has 0 spiro atoms. The van der Waals surface area contributed by atoms with Crippen molar-refractivity contribution in [3.63, 3.8) is 0 Å². The zero-order chi connectivity index (χ0) is 15.4. The van der Waals surface area contributed by atoms with Gasteiger partial charge in [0.1, 0.15) is 11.3 Å². The molecule has 116 valence electrons. The van der Waals surface area contributed by atoms with Crippen LogP contribution >= 0.6 is 0 Å². The fourth-order valence-electron chi connectivity index (χ4n) is 3.21. The molecule has 2 aromatic heterocycles. The summed E-state index contributed by atoms with van der Waals surface area (Å²) < 4.78 is 7.70. The Hall–Kier alpha value is -1.36. The van der Waals surface area contributed by atoms with Gasteiger partial charge in [-0.2, -0.15) is 5.10 Å². The highest BCUT2D eigenvalue weighted by molar-refractivity contribution is 5.75. The Morgan fingerprint density at radius 1 is 1.33 bits per heavy atom. The van der Waals surface area contributed by atoms with Gasteiger partial charge in [0.15, 0.2) is 5.65 Å². The average molecular weight is 290 g/mol. The van der Waals surface area contributed by atoms with E-state index in [1.54, 1.807) is 0 Å². The Morgan fingerprint density at radius 2 is 2.05 bits per heavy atom. The lowest BCUT2D eigenvalue weighted by Crippen LogP contribution is -2.33. The third-order valence-electron chi connectivity index (χ3n) is 4.29. The number of hydrogen-bond donors (Lipinski definition) is 1. The van der Waals surface area contributed by atoms with Crippen LogP contribution in [0.5, 0.6) is 0 Å². The number of aromatic nitrogens is 4. The molecule has 3 heterocycles. The van der Waals surface area contributed by atoms with Crippen LogP contribution in [0.1, 0.15) is 64.9 Å². The highest BCUT2D eigenvalue weighted by Gasteiger charge is 2.32. The van der Waals surface area contributed by atoms with Gasteiger partial charge in [0, 0.05) is 25.0 Å². The van der Waals surface area contributed by atoms with Gasteiger partial charge in [-0.15, -0.1) is 0 Å². The van der Waals surface area contributed by atoms with Crippen LogP contribution in [0, 0.1) is 0 Å². The molecule has 5 heteroatoms. The van der Waals surface area contributed by atoms with E-state index in [9.17, 15) is 0 Å². The highest BCUT2D eigenvalue weighted by atomic mass is 16.5. The van der Waals surface area contributed by atoms with Crippen molar-refractivity contribution in [2.45, 2.75) is 64.4 Å². The fraction of sp³-hybridized carbons (Fsp3) is 0.750. The van der Waals surface area contributed by atoms with Crippen molar-refractivity contribution in [3.05, 3.63) is 11.5 Å². The third kappa shape index (κ3) is 2.59. The molecule has 1 atom stereocenters. The lowest BCUT2D eigenvalue weighted by Gasteiger charge is -2.34. The first-order valence-corrected chi connectivity index (χ1v) is 7.74. The van der Waals surface area contributed by atoms with Crippen molar-refractivity contribution < 1.29 is 4.74 Å². The first-order chi connectivity index (χ1) is 9.67. The largest absolute Gasteiger partial charge is 0.376 e. The van der Waals surface area contributed by atoms with Gasteiger partial charge in [-0.1, -0.05) is 20.8 Å². The Morgan fingerprint density at radius 3 is 2.67 bits per heavy atom. The molecular weight excluding hydrogens is 264 g/mol. The van der Waals surface area contributed by atoms with Crippen molar-refractivity contribution in [2.24, 2.45) is 7.05 Å². The Balaban J connectivity index is 2.02. The summed E-state index contributed by atoms with van der Waals surface area (Å²) in [7, 11) is 1.97. The molecular formula is C16H26N4O. The zero-order valence-corrected chi connectivity index (χ0v) is 13.9. The second kappa shape index (κ2) is 4.57. The van der Waals surface area contributed by atoms with E-state index >= 15 is 0 Å². The van der Waals surface area contributed by atoms with Gasteiger partial charge in [-0.05, 0) is 26.7 Å². The first kappa shape index (κ1) is 14.6. The molecule has 0 aliphatic carbocycles. The molecule has 1 saturated heterocycles. The molecule has 0 unspecified atom stereocenters. The molecule has 2 aromatic rings. The molecule has 3 rings (SSSR count). The maximum absolute atomic E-state index is 5.82. The minimum absolute atomic E-state index is 0.0122. The van der Waals surface area contributed by atoms with Crippen molar-refractivity contribution in [1.29, 1.82) is 0 Å². The van der Waals surface area contributed by atoms with Crippen LogP contribution in [0.4, 0.5) is 0 Å². The predicted molar refractivity (Wildman–Crippen MR) is 83.6 cm³/mol. The minimum atomic E-state index is -0.0625. The van der Waals surface area contributed by atoms with E-state index in [0.29, 0.717) is 5.92 Å². The van der Waals surface area contributed by atoms with Crippen LogP contribution in [0.25, 0.3) is 11.2 Å². The number of aryl methyl sites for hydroxylation is 1. The van der Waals surface area contributed by atoms with Gasteiger partial charge in [0.25, 0.3) is 0 Å². The number of imidazole rings is 1. The number of hydrogen-bond acceptors (Lipinski definition) is 3.